The van der Waals surface area contributed by atoms with Gasteiger partial charge in [0, 0.05) is 5.56 Å². The zero-order valence-electron chi connectivity index (χ0n) is 14.5. The van der Waals surface area contributed by atoms with Gasteiger partial charge in [-0.15, -0.1) is 0 Å². The van der Waals surface area contributed by atoms with Crippen LogP contribution in [0.5, 0.6) is 0 Å². The topological polar surface area (TPSA) is 57.8 Å². The predicted molar refractivity (Wildman–Crippen MR) is 107 cm³/mol. The van der Waals surface area contributed by atoms with Crippen molar-refractivity contribution < 1.29 is 4.79 Å². The van der Waals surface area contributed by atoms with Gasteiger partial charge in [-0.3, -0.25) is 9.89 Å². The molecule has 3 rings (SSSR count). The first-order chi connectivity index (χ1) is 12.5. The van der Waals surface area contributed by atoms with Crippen molar-refractivity contribution in [3.63, 3.8) is 0 Å². The molecule has 26 heavy (non-hydrogen) atoms. The second kappa shape index (κ2) is 7.94. The Balaban J connectivity index is 1.91. The molecular formula is C20H19Cl2N3O. The van der Waals surface area contributed by atoms with Crippen molar-refractivity contribution in [2.75, 3.05) is 5.32 Å². The molecule has 0 saturated carbocycles. The first-order valence-electron chi connectivity index (χ1n) is 8.37. The Morgan fingerprint density at radius 3 is 2.54 bits per heavy atom. The first-order valence-corrected chi connectivity index (χ1v) is 9.13. The van der Waals surface area contributed by atoms with Crippen LogP contribution in [0.3, 0.4) is 0 Å². The lowest BCUT2D eigenvalue weighted by molar-refractivity contribution is -0.117. The number of rotatable bonds is 5. The molecule has 0 radical (unpaired) electrons. The Labute approximate surface area is 162 Å². The van der Waals surface area contributed by atoms with Crippen molar-refractivity contribution in [2.45, 2.75) is 26.2 Å². The molecule has 2 aromatic carbocycles. The number of hydrogen-bond acceptors (Lipinski definition) is 2. The Kier molecular flexibility index (Phi) is 5.64. The van der Waals surface area contributed by atoms with Crippen LogP contribution < -0.4 is 5.32 Å². The molecule has 3 aromatic rings. The van der Waals surface area contributed by atoms with Gasteiger partial charge in [-0.05, 0) is 31.0 Å². The molecule has 1 heterocycles. The summed E-state index contributed by atoms with van der Waals surface area (Å²) in [6, 6.07) is 15.0. The van der Waals surface area contributed by atoms with Crippen molar-refractivity contribution >= 4 is 34.8 Å². The Hall–Kier alpha value is -2.30. The van der Waals surface area contributed by atoms with Crippen LogP contribution in [0.1, 0.15) is 30.5 Å². The van der Waals surface area contributed by atoms with E-state index in [9.17, 15) is 4.79 Å². The summed E-state index contributed by atoms with van der Waals surface area (Å²) in [5.74, 6) is -0.295. The maximum Gasteiger partial charge on any atom is 0.232 e. The summed E-state index contributed by atoms with van der Waals surface area (Å²) < 4.78 is 0. The molecule has 1 atom stereocenters. The number of aromatic nitrogens is 2. The Morgan fingerprint density at radius 1 is 1.15 bits per heavy atom. The molecule has 0 fully saturated rings. The van der Waals surface area contributed by atoms with Crippen LogP contribution in [0.2, 0.25) is 10.0 Å². The first kappa shape index (κ1) is 18.5. The number of benzene rings is 2. The van der Waals surface area contributed by atoms with Crippen molar-refractivity contribution in [3.8, 4) is 11.3 Å². The van der Waals surface area contributed by atoms with Gasteiger partial charge >= 0.3 is 0 Å². The average molecular weight is 388 g/mol. The van der Waals surface area contributed by atoms with Crippen molar-refractivity contribution in [1.82, 2.24) is 10.2 Å². The van der Waals surface area contributed by atoms with Gasteiger partial charge in [0.1, 0.15) is 5.69 Å². The van der Waals surface area contributed by atoms with Gasteiger partial charge < -0.3 is 5.32 Å². The molecule has 0 spiro atoms. The highest BCUT2D eigenvalue weighted by atomic mass is 35.5. The van der Waals surface area contributed by atoms with Gasteiger partial charge in [0.2, 0.25) is 5.91 Å². The number of aryl methyl sites for hydroxylation is 1. The van der Waals surface area contributed by atoms with Gasteiger partial charge in [-0.2, -0.15) is 5.10 Å². The lowest BCUT2D eigenvalue weighted by atomic mass is 9.95. The lowest BCUT2D eigenvalue weighted by Crippen LogP contribution is -2.21. The van der Waals surface area contributed by atoms with E-state index in [0.717, 1.165) is 16.8 Å². The van der Waals surface area contributed by atoms with E-state index < -0.39 is 0 Å². The second-order valence-corrected chi connectivity index (χ2v) is 6.88. The molecule has 1 amide bonds. The number of hydrogen-bond donors (Lipinski definition) is 2. The smallest absolute Gasteiger partial charge is 0.232 e. The number of H-pyrrole nitrogens is 1. The lowest BCUT2D eigenvalue weighted by Gasteiger charge is -2.16. The Morgan fingerprint density at radius 2 is 1.88 bits per heavy atom. The number of amides is 1. The third kappa shape index (κ3) is 3.76. The summed E-state index contributed by atoms with van der Waals surface area (Å²) in [6.45, 7) is 3.87. The summed E-state index contributed by atoms with van der Waals surface area (Å²) in [6.07, 6.45) is 0.703. The third-order valence-electron chi connectivity index (χ3n) is 4.32. The van der Waals surface area contributed by atoms with Crippen LogP contribution in [0.15, 0.2) is 48.5 Å². The highest BCUT2D eigenvalue weighted by molar-refractivity contribution is 6.42. The quantitative estimate of drug-likeness (QED) is 0.578. The number of nitrogens with one attached hydrogen (secondary N) is 2. The van der Waals surface area contributed by atoms with E-state index in [1.807, 2.05) is 50.2 Å². The third-order valence-corrected chi connectivity index (χ3v) is 5.05. The maximum atomic E-state index is 12.9. The molecule has 0 aliphatic rings. The van der Waals surface area contributed by atoms with Crippen LogP contribution >= 0.6 is 23.2 Å². The molecule has 0 aliphatic heterocycles. The molecule has 0 saturated heterocycles. The summed E-state index contributed by atoms with van der Waals surface area (Å²) in [7, 11) is 0. The number of aromatic amines is 1. The summed E-state index contributed by atoms with van der Waals surface area (Å²) in [5.41, 5.74) is 3.85. The van der Waals surface area contributed by atoms with Gasteiger partial charge in [-0.25, -0.2) is 0 Å². The van der Waals surface area contributed by atoms with E-state index in [1.54, 1.807) is 12.1 Å². The standard InChI is InChI=1S/C20H19Cl2N3O/c1-3-15(13-7-5-4-6-8-13)20(26)23-18-12(2)24-25-19(18)14-9-10-16(21)17(22)11-14/h4-11,15H,3H2,1-2H3,(H,23,26)(H,24,25)/t15-/m0/s1. The highest BCUT2D eigenvalue weighted by Gasteiger charge is 2.22. The number of carbonyl (C=O) groups is 1. The monoisotopic (exact) mass is 387 g/mol. The average Bonchev–Trinajstić information content (AvgIpc) is 2.99. The largest absolute Gasteiger partial charge is 0.322 e. The molecular weight excluding hydrogens is 369 g/mol. The Bertz CT molecular complexity index is 922. The normalized spacial score (nSPS) is 12.0. The van der Waals surface area contributed by atoms with Gasteiger partial charge in [0.25, 0.3) is 0 Å². The molecule has 1 aromatic heterocycles. The number of anilines is 1. The molecule has 4 nitrogen and oxygen atoms in total. The summed E-state index contributed by atoms with van der Waals surface area (Å²) in [5, 5.41) is 11.2. The van der Waals surface area contributed by atoms with Gasteiger partial charge in [0.15, 0.2) is 0 Å². The zero-order valence-corrected chi connectivity index (χ0v) is 16.0. The van der Waals surface area contributed by atoms with E-state index in [4.69, 9.17) is 23.2 Å². The maximum absolute atomic E-state index is 12.9. The molecule has 2 N–H and O–H groups in total. The van der Waals surface area contributed by atoms with Crippen molar-refractivity contribution in [3.05, 3.63) is 69.8 Å². The molecule has 0 bridgehead atoms. The number of carbonyl (C=O) groups excluding carboxylic acids is 1. The van der Waals surface area contributed by atoms with Crippen LogP contribution in [-0.2, 0) is 4.79 Å². The van der Waals surface area contributed by atoms with E-state index >= 15 is 0 Å². The molecule has 6 heteroatoms. The summed E-state index contributed by atoms with van der Waals surface area (Å²) >= 11 is 12.1. The fraction of sp³-hybridized carbons (Fsp3) is 0.200. The van der Waals surface area contributed by atoms with E-state index in [1.165, 1.54) is 0 Å². The SMILES string of the molecule is CC[C@H](C(=O)Nc1c(-c2ccc(Cl)c(Cl)c2)n[nH]c1C)c1ccccc1. The van der Waals surface area contributed by atoms with Crippen LogP contribution in [-0.4, -0.2) is 16.1 Å². The van der Waals surface area contributed by atoms with Crippen molar-refractivity contribution in [1.29, 1.82) is 0 Å². The van der Waals surface area contributed by atoms with E-state index in [2.05, 4.69) is 15.5 Å². The molecule has 134 valence electrons. The highest BCUT2D eigenvalue weighted by Crippen LogP contribution is 2.33. The van der Waals surface area contributed by atoms with Crippen LogP contribution in [0.25, 0.3) is 11.3 Å². The minimum Gasteiger partial charge on any atom is -0.322 e. The van der Waals surface area contributed by atoms with E-state index in [-0.39, 0.29) is 11.8 Å². The molecule has 0 unspecified atom stereocenters. The fourth-order valence-electron chi connectivity index (χ4n) is 2.90. The minimum atomic E-state index is -0.229. The van der Waals surface area contributed by atoms with Crippen molar-refractivity contribution in [2.24, 2.45) is 0 Å². The number of halogens is 2. The van der Waals surface area contributed by atoms with Crippen LogP contribution in [0.4, 0.5) is 5.69 Å². The minimum absolute atomic E-state index is 0.0653. The predicted octanol–water partition coefficient (Wildman–Crippen LogP) is 5.82. The number of nitrogens with zero attached hydrogens (tertiary/aromatic N) is 1. The van der Waals surface area contributed by atoms with E-state index in [0.29, 0.717) is 27.8 Å². The molecule has 0 aliphatic carbocycles. The summed E-state index contributed by atoms with van der Waals surface area (Å²) in [4.78, 5) is 12.9. The van der Waals surface area contributed by atoms with Crippen LogP contribution in [0, 0.1) is 6.92 Å². The van der Waals surface area contributed by atoms with Gasteiger partial charge in [0.05, 0.1) is 27.3 Å². The van der Waals surface area contributed by atoms with Gasteiger partial charge in [-0.1, -0.05) is 66.5 Å². The fourth-order valence-corrected chi connectivity index (χ4v) is 3.20. The second-order valence-electron chi connectivity index (χ2n) is 6.06. The zero-order chi connectivity index (χ0) is 18.7.